The van der Waals surface area contributed by atoms with E-state index in [2.05, 4.69) is 9.97 Å². The standard InChI is InChI=1S/C10H9N3O4/c1-17-9-3-6(7-4-11-5-12-7)2-8(10(9)14)13(15)16/h2-5,14H,1H3,(H,11,12). The summed E-state index contributed by atoms with van der Waals surface area (Å²) >= 11 is 0. The van der Waals surface area contributed by atoms with Gasteiger partial charge >= 0.3 is 5.69 Å². The lowest BCUT2D eigenvalue weighted by atomic mass is 10.1. The first-order chi connectivity index (χ1) is 8.13. The van der Waals surface area contributed by atoms with Gasteiger partial charge in [-0.1, -0.05) is 0 Å². The number of nitro benzene ring substituents is 1. The van der Waals surface area contributed by atoms with Crippen LogP contribution >= 0.6 is 0 Å². The van der Waals surface area contributed by atoms with Crippen LogP contribution in [0.1, 0.15) is 0 Å². The maximum atomic E-state index is 10.8. The van der Waals surface area contributed by atoms with Gasteiger partial charge in [-0.15, -0.1) is 0 Å². The first-order valence-electron chi connectivity index (χ1n) is 4.67. The van der Waals surface area contributed by atoms with Crippen LogP contribution in [0.4, 0.5) is 5.69 Å². The molecule has 0 spiro atoms. The van der Waals surface area contributed by atoms with Crippen molar-refractivity contribution in [3.05, 3.63) is 34.8 Å². The summed E-state index contributed by atoms with van der Waals surface area (Å²) in [4.78, 5) is 16.7. The Morgan fingerprint density at radius 2 is 2.29 bits per heavy atom. The summed E-state index contributed by atoms with van der Waals surface area (Å²) in [5.41, 5.74) is 0.712. The number of phenols is 1. The number of nitro groups is 1. The molecule has 0 unspecified atom stereocenters. The lowest BCUT2D eigenvalue weighted by molar-refractivity contribution is -0.385. The van der Waals surface area contributed by atoms with Gasteiger partial charge in [0.05, 0.1) is 30.3 Å². The number of ether oxygens (including phenoxy) is 1. The Labute approximate surface area is 95.8 Å². The predicted molar refractivity (Wildman–Crippen MR) is 58.9 cm³/mol. The molecule has 88 valence electrons. The van der Waals surface area contributed by atoms with Crippen molar-refractivity contribution in [1.29, 1.82) is 0 Å². The Morgan fingerprint density at radius 1 is 1.53 bits per heavy atom. The molecule has 1 heterocycles. The zero-order valence-electron chi connectivity index (χ0n) is 8.88. The Morgan fingerprint density at radius 3 is 2.82 bits per heavy atom. The molecule has 1 aromatic carbocycles. The highest BCUT2D eigenvalue weighted by Crippen LogP contribution is 2.39. The number of benzene rings is 1. The van der Waals surface area contributed by atoms with E-state index in [4.69, 9.17) is 4.74 Å². The molecule has 0 amide bonds. The Bertz CT molecular complexity index is 551. The molecule has 0 atom stereocenters. The number of hydrogen-bond donors (Lipinski definition) is 2. The molecule has 0 aliphatic rings. The van der Waals surface area contributed by atoms with Crippen LogP contribution in [0.5, 0.6) is 11.5 Å². The molecular formula is C10H9N3O4. The van der Waals surface area contributed by atoms with E-state index in [1.807, 2.05) is 0 Å². The molecule has 2 aromatic rings. The molecule has 0 radical (unpaired) electrons. The molecule has 0 saturated carbocycles. The van der Waals surface area contributed by atoms with E-state index in [9.17, 15) is 15.2 Å². The molecule has 2 N–H and O–H groups in total. The summed E-state index contributed by atoms with van der Waals surface area (Å²) in [7, 11) is 1.33. The maximum absolute atomic E-state index is 10.8. The van der Waals surface area contributed by atoms with Crippen LogP contribution in [0.25, 0.3) is 11.3 Å². The smallest absolute Gasteiger partial charge is 0.315 e. The van der Waals surface area contributed by atoms with Crippen molar-refractivity contribution in [1.82, 2.24) is 9.97 Å². The molecule has 0 bridgehead atoms. The Kier molecular flexibility index (Phi) is 2.65. The van der Waals surface area contributed by atoms with Crippen molar-refractivity contribution in [3.8, 4) is 22.8 Å². The highest BCUT2D eigenvalue weighted by Gasteiger charge is 2.20. The zero-order chi connectivity index (χ0) is 12.4. The minimum atomic E-state index is -0.669. The minimum absolute atomic E-state index is 0.0452. The fourth-order valence-corrected chi connectivity index (χ4v) is 1.46. The van der Waals surface area contributed by atoms with Gasteiger partial charge in [0.1, 0.15) is 0 Å². The van der Waals surface area contributed by atoms with E-state index >= 15 is 0 Å². The molecular weight excluding hydrogens is 226 g/mol. The van der Waals surface area contributed by atoms with E-state index < -0.39 is 16.4 Å². The van der Waals surface area contributed by atoms with Crippen LogP contribution in [0.2, 0.25) is 0 Å². The number of aromatic amines is 1. The van der Waals surface area contributed by atoms with E-state index in [-0.39, 0.29) is 5.75 Å². The van der Waals surface area contributed by atoms with Gasteiger partial charge in [0.25, 0.3) is 0 Å². The number of hydrogen-bond acceptors (Lipinski definition) is 5. The minimum Gasteiger partial charge on any atom is -0.500 e. The van der Waals surface area contributed by atoms with Crippen molar-refractivity contribution in [3.63, 3.8) is 0 Å². The molecule has 1 aromatic heterocycles. The number of methoxy groups -OCH3 is 1. The third-order valence-electron chi connectivity index (χ3n) is 2.28. The summed E-state index contributed by atoms with van der Waals surface area (Å²) in [6.07, 6.45) is 2.98. The predicted octanol–water partition coefficient (Wildman–Crippen LogP) is 1.70. The monoisotopic (exact) mass is 235 g/mol. The first kappa shape index (κ1) is 10.9. The zero-order valence-corrected chi connectivity index (χ0v) is 8.88. The van der Waals surface area contributed by atoms with Gasteiger partial charge in [-0.3, -0.25) is 10.1 Å². The Hall–Kier alpha value is -2.57. The first-order valence-corrected chi connectivity index (χ1v) is 4.67. The molecule has 2 rings (SSSR count). The van der Waals surface area contributed by atoms with Crippen molar-refractivity contribution >= 4 is 5.69 Å². The number of H-pyrrole nitrogens is 1. The molecule has 17 heavy (non-hydrogen) atoms. The largest absolute Gasteiger partial charge is 0.500 e. The van der Waals surface area contributed by atoms with Crippen molar-refractivity contribution in [2.75, 3.05) is 7.11 Å². The summed E-state index contributed by atoms with van der Waals surface area (Å²) in [6, 6.07) is 2.75. The lowest BCUT2D eigenvalue weighted by Gasteiger charge is -2.06. The fraction of sp³-hybridized carbons (Fsp3) is 0.100. The topological polar surface area (TPSA) is 101 Å². The van der Waals surface area contributed by atoms with Crippen molar-refractivity contribution in [2.45, 2.75) is 0 Å². The quantitative estimate of drug-likeness (QED) is 0.622. The van der Waals surface area contributed by atoms with Crippen LogP contribution in [0.3, 0.4) is 0 Å². The van der Waals surface area contributed by atoms with Crippen molar-refractivity contribution in [2.24, 2.45) is 0 Å². The van der Waals surface area contributed by atoms with Crippen LogP contribution in [-0.2, 0) is 0 Å². The van der Waals surface area contributed by atoms with E-state index in [0.717, 1.165) is 0 Å². The lowest BCUT2D eigenvalue weighted by Crippen LogP contribution is -1.93. The SMILES string of the molecule is COc1cc(-c2cnc[nH]2)cc([N+](=O)[O-])c1O. The molecule has 7 nitrogen and oxygen atoms in total. The number of rotatable bonds is 3. The number of aromatic hydroxyl groups is 1. The highest BCUT2D eigenvalue weighted by atomic mass is 16.6. The van der Waals surface area contributed by atoms with E-state index in [0.29, 0.717) is 11.3 Å². The van der Waals surface area contributed by atoms with Gasteiger partial charge in [-0.25, -0.2) is 4.98 Å². The number of nitrogens with zero attached hydrogens (tertiary/aromatic N) is 2. The summed E-state index contributed by atoms with van der Waals surface area (Å²) in [5, 5.41) is 20.4. The van der Waals surface area contributed by atoms with Crippen LogP contribution < -0.4 is 4.74 Å². The van der Waals surface area contributed by atoms with Crippen LogP contribution in [0.15, 0.2) is 24.7 Å². The number of nitrogens with one attached hydrogen (secondary N) is 1. The molecule has 0 fully saturated rings. The fourth-order valence-electron chi connectivity index (χ4n) is 1.46. The van der Waals surface area contributed by atoms with E-state index in [1.54, 1.807) is 0 Å². The normalized spacial score (nSPS) is 10.2. The van der Waals surface area contributed by atoms with Gasteiger partial charge in [0.2, 0.25) is 5.75 Å². The second kappa shape index (κ2) is 4.12. The second-order valence-corrected chi connectivity index (χ2v) is 3.27. The third-order valence-corrected chi connectivity index (χ3v) is 2.28. The molecule has 7 heteroatoms. The second-order valence-electron chi connectivity index (χ2n) is 3.27. The third kappa shape index (κ3) is 1.89. The number of imidazole rings is 1. The molecule has 0 aliphatic carbocycles. The van der Waals surface area contributed by atoms with Crippen LogP contribution in [-0.4, -0.2) is 27.1 Å². The van der Waals surface area contributed by atoms with Gasteiger partial charge < -0.3 is 14.8 Å². The number of aromatic nitrogens is 2. The average Bonchev–Trinajstić information content (AvgIpc) is 2.82. The highest BCUT2D eigenvalue weighted by molar-refractivity contribution is 5.70. The maximum Gasteiger partial charge on any atom is 0.315 e. The summed E-state index contributed by atoms with van der Waals surface area (Å²) in [5.74, 6) is -0.440. The van der Waals surface area contributed by atoms with Gasteiger partial charge in [-0.05, 0) is 6.07 Å². The van der Waals surface area contributed by atoms with E-state index in [1.165, 1.54) is 31.8 Å². The molecule has 0 saturated heterocycles. The van der Waals surface area contributed by atoms with Crippen LogP contribution in [0, 0.1) is 10.1 Å². The molecule has 0 aliphatic heterocycles. The van der Waals surface area contributed by atoms with Gasteiger partial charge in [0.15, 0.2) is 5.75 Å². The van der Waals surface area contributed by atoms with Gasteiger partial charge in [0, 0.05) is 11.6 Å². The van der Waals surface area contributed by atoms with Gasteiger partial charge in [-0.2, -0.15) is 0 Å². The van der Waals surface area contributed by atoms with Crippen molar-refractivity contribution < 1.29 is 14.8 Å². The summed E-state index contributed by atoms with van der Waals surface area (Å²) in [6.45, 7) is 0. The average molecular weight is 235 g/mol. The Balaban J connectivity index is 2.63. The number of phenolic OH excluding ortho intramolecular Hbond substituents is 1. The summed E-state index contributed by atoms with van der Waals surface area (Å²) < 4.78 is 4.89.